The number of ether oxygens (including phenoxy) is 1. The molecule has 0 unspecified atom stereocenters. The molecule has 7 heteroatoms. The van der Waals surface area contributed by atoms with Gasteiger partial charge in [-0.1, -0.05) is 42.5 Å². The standard InChI is InChI=1S/C25H31N3O4/c1-26(2)25(20-7-5-4-6-8-20)15-13-24(14-16-25)18-27(22(29)28(24)23(30)31)17-19-9-11-21(32-3)12-10-19/h4-12H,13-18H2,1-3H3,(H,30,31). The molecule has 1 aliphatic carbocycles. The summed E-state index contributed by atoms with van der Waals surface area (Å²) in [6.07, 6.45) is 1.69. The van der Waals surface area contributed by atoms with E-state index in [1.165, 1.54) is 5.56 Å². The van der Waals surface area contributed by atoms with Crippen LogP contribution in [0.25, 0.3) is 0 Å². The predicted molar refractivity (Wildman–Crippen MR) is 122 cm³/mol. The van der Waals surface area contributed by atoms with E-state index in [9.17, 15) is 14.7 Å². The molecule has 0 atom stereocenters. The quantitative estimate of drug-likeness (QED) is 0.752. The van der Waals surface area contributed by atoms with E-state index in [-0.39, 0.29) is 5.54 Å². The lowest BCUT2D eigenvalue weighted by atomic mass is 9.68. The van der Waals surface area contributed by atoms with Gasteiger partial charge < -0.3 is 14.7 Å². The Kier molecular flexibility index (Phi) is 5.86. The minimum absolute atomic E-state index is 0.164. The summed E-state index contributed by atoms with van der Waals surface area (Å²) in [7, 11) is 5.77. The molecule has 1 spiro atoms. The van der Waals surface area contributed by atoms with Gasteiger partial charge in [-0.05, 0) is 63.0 Å². The average molecular weight is 438 g/mol. The Hall–Kier alpha value is -3.06. The first-order valence-corrected chi connectivity index (χ1v) is 11.0. The zero-order chi connectivity index (χ0) is 22.9. The first-order valence-electron chi connectivity index (χ1n) is 11.0. The van der Waals surface area contributed by atoms with Crippen molar-refractivity contribution in [3.8, 4) is 5.75 Å². The molecule has 1 saturated heterocycles. The Morgan fingerprint density at radius 3 is 2.19 bits per heavy atom. The molecule has 32 heavy (non-hydrogen) atoms. The van der Waals surface area contributed by atoms with Gasteiger partial charge in [-0.3, -0.25) is 4.90 Å². The van der Waals surface area contributed by atoms with Crippen LogP contribution in [0.5, 0.6) is 5.75 Å². The third-order valence-electron chi connectivity index (χ3n) is 7.32. The van der Waals surface area contributed by atoms with Gasteiger partial charge in [0.05, 0.1) is 12.6 Å². The van der Waals surface area contributed by atoms with Crippen LogP contribution in [0.3, 0.4) is 0 Å². The van der Waals surface area contributed by atoms with E-state index in [1.54, 1.807) is 12.0 Å². The molecule has 0 bridgehead atoms. The van der Waals surface area contributed by atoms with E-state index in [0.29, 0.717) is 25.9 Å². The van der Waals surface area contributed by atoms with Gasteiger partial charge in [0, 0.05) is 18.6 Å². The Bertz CT molecular complexity index is 966. The van der Waals surface area contributed by atoms with Crippen molar-refractivity contribution in [3.63, 3.8) is 0 Å². The SMILES string of the molecule is COc1ccc(CN2CC3(CCC(c4ccccc4)(N(C)C)CC3)N(C(=O)O)C2=O)cc1. The number of imide groups is 1. The fourth-order valence-electron chi connectivity index (χ4n) is 5.45. The lowest BCUT2D eigenvalue weighted by molar-refractivity contribution is 0.0268. The van der Waals surface area contributed by atoms with Crippen molar-refractivity contribution in [2.45, 2.75) is 43.3 Å². The lowest BCUT2D eigenvalue weighted by Crippen LogP contribution is -2.56. The molecule has 0 aromatic heterocycles. The molecule has 170 valence electrons. The molecule has 1 N–H and O–H groups in total. The van der Waals surface area contributed by atoms with Crippen molar-refractivity contribution >= 4 is 12.1 Å². The summed E-state index contributed by atoms with van der Waals surface area (Å²) in [6, 6.07) is 17.5. The first kappa shape index (κ1) is 22.1. The van der Waals surface area contributed by atoms with Crippen molar-refractivity contribution in [1.82, 2.24) is 14.7 Å². The van der Waals surface area contributed by atoms with Crippen LogP contribution in [-0.4, -0.2) is 65.2 Å². The van der Waals surface area contributed by atoms with Gasteiger partial charge in [0.25, 0.3) is 0 Å². The predicted octanol–water partition coefficient (Wildman–Crippen LogP) is 4.38. The number of carbonyl (C=O) groups excluding carboxylic acids is 1. The van der Waals surface area contributed by atoms with Crippen LogP contribution in [0, 0.1) is 0 Å². The van der Waals surface area contributed by atoms with Crippen molar-refractivity contribution in [1.29, 1.82) is 0 Å². The molecular weight excluding hydrogens is 406 g/mol. The van der Waals surface area contributed by atoms with Crippen molar-refractivity contribution in [3.05, 3.63) is 65.7 Å². The zero-order valence-corrected chi connectivity index (χ0v) is 19.0. The van der Waals surface area contributed by atoms with Crippen LogP contribution in [0.1, 0.15) is 36.8 Å². The summed E-state index contributed by atoms with van der Waals surface area (Å²) in [6.45, 7) is 0.800. The highest BCUT2D eigenvalue weighted by Gasteiger charge is 2.56. The number of urea groups is 1. The van der Waals surface area contributed by atoms with Crippen molar-refractivity contribution in [2.24, 2.45) is 0 Å². The maximum absolute atomic E-state index is 13.1. The van der Waals surface area contributed by atoms with E-state index in [2.05, 4.69) is 31.1 Å². The Morgan fingerprint density at radius 2 is 1.66 bits per heavy atom. The molecule has 2 aromatic rings. The molecule has 2 aliphatic rings. The van der Waals surface area contributed by atoms with E-state index in [0.717, 1.165) is 29.1 Å². The van der Waals surface area contributed by atoms with Crippen LogP contribution in [0.4, 0.5) is 9.59 Å². The van der Waals surface area contributed by atoms with Gasteiger partial charge in [-0.25, -0.2) is 14.5 Å². The summed E-state index contributed by atoms with van der Waals surface area (Å²) < 4.78 is 5.20. The Labute approximate surface area is 189 Å². The van der Waals surface area contributed by atoms with Crippen molar-refractivity contribution in [2.75, 3.05) is 27.7 Å². The van der Waals surface area contributed by atoms with Crippen molar-refractivity contribution < 1.29 is 19.4 Å². The Balaban J connectivity index is 1.58. The third-order valence-corrected chi connectivity index (χ3v) is 7.32. The highest BCUT2D eigenvalue weighted by molar-refractivity contribution is 5.93. The molecular formula is C25H31N3O4. The number of carboxylic acid groups (broad SMARTS) is 1. The zero-order valence-electron chi connectivity index (χ0n) is 19.0. The van der Waals surface area contributed by atoms with Gasteiger partial charge in [-0.2, -0.15) is 0 Å². The summed E-state index contributed by atoms with van der Waals surface area (Å²) in [4.78, 5) is 30.3. The molecule has 2 aromatic carbocycles. The second-order valence-electron chi connectivity index (χ2n) is 9.12. The van der Waals surface area contributed by atoms with E-state index < -0.39 is 17.7 Å². The number of rotatable bonds is 5. The molecule has 7 nitrogen and oxygen atoms in total. The van der Waals surface area contributed by atoms with Crippen LogP contribution in [0.15, 0.2) is 54.6 Å². The number of hydrogen-bond donors (Lipinski definition) is 1. The van der Waals surface area contributed by atoms with E-state index in [1.807, 2.05) is 42.5 Å². The van der Waals surface area contributed by atoms with Crippen LogP contribution < -0.4 is 4.74 Å². The van der Waals surface area contributed by atoms with Gasteiger partial charge >= 0.3 is 12.1 Å². The molecule has 4 rings (SSSR count). The first-order chi connectivity index (χ1) is 15.3. The molecule has 1 aliphatic heterocycles. The number of hydrogen-bond acceptors (Lipinski definition) is 4. The van der Waals surface area contributed by atoms with Gasteiger partial charge in [0.15, 0.2) is 0 Å². The number of methoxy groups -OCH3 is 1. The van der Waals surface area contributed by atoms with Crippen LogP contribution in [0.2, 0.25) is 0 Å². The molecule has 1 heterocycles. The van der Waals surface area contributed by atoms with Crippen LogP contribution in [-0.2, 0) is 12.1 Å². The third kappa shape index (κ3) is 3.71. The number of carbonyl (C=O) groups is 2. The fraction of sp³-hybridized carbons (Fsp3) is 0.440. The number of nitrogens with zero attached hydrogens (tertiary/aromatic N) is 3. The number of amides is 3. The lowest BCUT2D eigenvalue weighted by Gasteiger charge is -2.50. The average Bonchev–Trinajstić information content (AvgIpc) is 3.06. The molecule has 0 radical (unpaired) electrons. The largest absolute Gasteiger partial charge is 0.497 e. The second kappa shape index (κ2) is 8.47. The normalized spacial score (nSPS) is 25.6. The smallest absolute Gasteiger partial charge is 0.416 e. The summed E-state index contributed by atoms with van der Waals surface area (Å²) >= 11 is 0. The highest BCUT2D eigenvalue weighted by atomic mass is 16.5. The highest BCUT2D eigenvalue weighted by Crippen LogP contribution is 2.49. The minimum Gasteiger partial charge on any atom is -0.497 e. The maximum atomic E-state index is 13.1. The molecule has 1 saturated carbocycles. The summed E-state index contributed by atoms with van der Waals surface area (Å²) in [5.74, 6) is 0.748. The molecule has 3 amide bonds. The van der Waals surface area contributed by atoms with Gasteiger partial charge in [-0.15, -0.1) is 0 Å². The van der Waals surface area contributed by atoms with E-state index >= 15 is 0 Å². The van der Waals surface area contributed by atoms with Crippen LogP contribution >= 0.6 is 0 Å². The van der Waals surface area contributed by atoms with E-state index in [4.69, 9.17) is 4.74 Å². The monoisotopic (exact) mass is 437 g/mol. The van der Waals surface area contributed by atoms with Gasteiger partial charge in [0.1, 0.15) is 5.75 Å². The van der Waals surface area contributed by atoms with Gasteiger partial charge in [0.2, 0.25) is 0 Å². The Morgan fingerprint density at radius 1 is 1.03 bits per heavy atom. The summed E-state index contributed by atoms with van der Waals surface area (Å²) in [5.41, 5.74) is 1.33. The topological polar surface area (TPSA) is 73.3 Å². The maximum Gasteiger partial charge on any atom is 0.416 e. The molecule has 2 fully saturated rings. The minimum atomic E-state index is -1.16. The summed E-state index contributed by atoms with van der Waals surface area (Å²) in [5, 5.41) is 9.96. The fourth-order valence-corrected chi connectivity index (χ4v) is 5.45. The number of benzene rings is 2. The second-order valence-corrected chi connectivity index (χ2v) is 9.12.